The van der Waals surface area contributed by atoms with Crippen LogP contribution in [0.25, 0.3) is 11.5 Å². The van der Waals surface area contributed by atoms with Crippen molar-refractivity contribution in [3.63, 3.8) is 0 Å². The molecule has 240 valence electrons. The lowest BCUT2D eigenvalue weighted by molar-refractivity contribution is -0.128. The van der Waals surface area contributed by atoms with Crippen molar-refractivity contribution in [2.45, 2.75) is 101 Å². The zero-order valence-electron chi connectivity index (χ0n) is 24.6. The van der Waals surface area contributed by atoms with E-state index in [1.54, 1.807) is 20.8 Å². The summed E-state index contributed by atoms with van der Waals surface area (Å²) < 4.78 is 86.9. The average molecular weight is 643 g/mol. The lowest BCUT2D eigenvalue weighted by Gasteiger charge is -2.40. The predicted octanol–water partition coefficient (Wildman–Crippen LogP) is 4.49. The number of nitrogens with zero attached hydrogens (tertiary/aromatic N) is 4. The quantitative estimate of drug-likeness (QED) is 0.344. The van der Waals surface area contributed by atoms with Gasteiger partial charge in [0, 0.05) is 25.1 Å². The van der Waals surface area contributed by atoms with Crippen molar-refractivity contribution in [3.05, 3.63) is 22.6 Å². The molecule has 2 aliphatic heterocycles. The zero-order valence-corrected chi connectivity index (χ0v) is 25.4. The van der Waals surface area contributed by atoms with Gasteiger partial charge in [-0.15, -0.1) is 0 Å². The van der Waals surface area contributed by atoms with Crippen molar-refractivity contribution in [2.24, 2.45) is 0 Å². The van der Waals surface area contributed by atoms with Crippen LogP contribution in [-0.4, -0.2) is 71.2 Å². The second-order valence-electron chi connectivity index (χ2n) is 13.0. The monoisotopic (exact) mass is 642 g/mol. The topological polar surface area (TPSA) is 151 Å². The summed E-state index contributed by atoms with van der Waals surface area (Å²) in [5, 5.41) is 4.19. The molecule has 16 heteroatoms. The first-order chi connectivity index (χ1) is 20.6. The van der Waals surface area contributed by atoms with Crippen molar-refractivity contribution in [2.75, 3.05) is 19.8 Å². The largest absolute Gasteiger partial charge is 0.534 e. The fourth-order valence-electron chi connectivity index (χ4n) is 6.80. The van der Waals surface area contributed by atoms with Crippen LogP contribution in [0.5, 0.6) is 5.88 Å². The van der Waals surface area contributed by atoms with E-state index in [0.29, 0.717) is 49.8 Å². The first-order valence-corrected chi connectivity index (χ1v) is 16.0. The minimum absolute atomic E-state index is 0.0470. The van der Waals surface area contributed by atoms with Gasteiger partial charge in [-0.1, -0.05) is 11.6 Å². The molecule has 2 fully saturated rings. The number of halogens is 3. The van der Waals surface area contributed by atoms with E-state index in [1.165, 1.54) is 4.90 Å². The number of alkyl halides is 3. The van der Waals surface area contributed by atoms with Gasteiger partial charge < -0.3 is 23.1 Å². The number of aromatic nitrogens is 3. The molecule has 1 saturated carbocycles. The first-order valence-electron chi connectivity index (χ1n) is 14.6. The SMILES string of the molecule is CC(C)(C)OC(=O)N1Cc2c(OS(=O)(=O)C(F)(F)F)nc(-c3noc4c3CCC[C@@]43CCCCC3=O)nc2[C@@]2(CCOC2)C1. The van der Waals surface area contributed by atoms with Gasteiger partial charge in [0.15, 0.2) is 17.3 Å². The third-order valence-corrected chi connectivity index (χ3v) is 9.74. The van der Waals surface area contributed by atoms with Crippen molar-refractivity contribution < 1.29 is 49.4 Å². The summed E-state index contributed by atoms with van der Waals surface area (Å²) in [6, 6.07) is 0. The maximum absolute atomic E-state index is 13.6. The lowest BCUT2D eigenvalue weighted by Crippen LogP contribution is -2.50. The van der Waals surface area contributed by atoms with E-state index in [9.17, 15) is 31.2 Å². The van der Waals surface area contributed by atoms with E-state index >= 15 is 0 Å². The van der Waals surface area contributed by atoms with E-state index in [4.69, 9.17) is 19.0 Å². The van der Waals surface area contributed by atoms with Crippen molar-refractivity contribution >= 4 is 22.0 Å². The summed E-state index contributed by atoms with van der Waals surface area (Å²) in [7, 11) is -6.16. The Morgan fingerprint density at radius 2 is 1.77 bits per heavy atom. The number of rotatable bonds is 3. The van der Waals surface area contributed by atoms with Gasteiger partial charge in [-0.05, 0) is 59.3 Å². The highest BCUT2D eigenvalue weighted by Gasteiger charge is 2.53. The Morgan fingerprint density at radius 3 is 2.43 bits per heavy atom. The minimum atomic E-state index is -6.16. The van der Waals surface area contributed by atoms with Gasteiger partial charge in [0.1, 0.15) is 11.4 Å². The summed E-state index contributed by atoms with van der Waals surface area (Å²) in [5.74, 6) is -0.607. The van der Waals surface area contributed by atoms with Crippen LogP contribution in [0.4, 0.5) is 18.0 Å². The van der Waals surface area contributed by atoms with Gasteiger partial charge in [-0.25, -0.2) is 9.78 Å². The maximum atomic E-state index is 13.6. The molecule has 2 spiro atoms. The van der Waals surface area contributed by atoms with Crippen LogP contribution in [0.3, 0.4) is 0 Å². The number of hydrogen-bond donors (Lipinski definition) is 0. The molecular weight excluding hydrogens is 609 g/mol. The standard InChI is InChI=1S/C28H33F3N4O8S/c1-25(2,3)41-24(37)35-13-17-20(26(14-35)11-12-40-15-26)32-22(33-23(17)43-44(38,39)28(29,30)31)19-16-7-6-10-27(21(16)42-34-19)9-5-4-8-18(27)36/h4-15H2,1-3H3/t26-,27+/m0/s1. The number of carbonyl (C=O) groups excluding carboxylic acids is 2. The molecule has 1 saturated heterocycles. The Kier molecular flexibility index (Phi) is 7.26. The molecule has 0 N–H and O–H groups in total. The fraction of sp³-hybridized carbons (Fsp3) is 0.679. The molecule has 0 aromatic carbocycles. The third kappa shape index (κ3) is 5.12. The highest BCUT2D eigenvalue weighted by atomic mass is 32.2. The summed E-state index contributed by atoms with van der Waals surface area (Å²) in [5.41, 5.74) is -7.72. The van der Waals surface area contributed by atoms with Crippen molar-refractivity contribution in [1.82, 2.24) is 20.0 Å². The van der Waals surface area contributed by atoms with Gasteiger partial charge in [-0.3, -0.25) is 4.79 Å². The van der Waals surface area contributed by atoms with Crippen LogP contribution < -0.4 is 4.18 Å². The Morgan fingerprint density at radius 1 is 1.02 bits per heavy atom. The zero-order chi connectivity index (χ0) is 31.7. The Hall–Kier alpha value is -3.27. The Balaban J connectivity index is 1.52. The molecule has 0 unspecified atom stereocenters. The number of hydrogen-bond acceptors (Lipinski definition) is 11. The smallest absolute Gasteiger partial charge is 0.444 e. The Bertz CT molecular complexity index is 1610. The number of amides is 1. The summed E-state index contributed by atoms with van der Waals surface area (Å²) >= 11 is 0. The summed E-state index contributed by atoms with van der Waals surface area (Å²) in [6.45, 7) is 4.99. The van der Waals surface area contributed by atoms with Crippen LogP contribution in [-0.2, 0) is 48.2 Å². The lowest BCUT2D eigenvalue weighted by atomic mass is 9.64. The van der Waals surface area contributed by atoms with E-state index in [-0.39, 0.29) is 54.9 Å². The second-order valence-corrected chi connectivity index (χ2v) is 14.5. The second kappa shape index (κ2) is 10.4. The van der Waals surface area contributed by atoms with Gasteiger partial charge in [-0.2, -0.15) is 26.6 Å². The average Bonchev–Trinajstić information content (AvgIpc) is 3.57. The van der Waals surface area contributed by atoms with Crippen LogP contribution in [0.1, 0.15) is 88.3 Å². The fourth-order valence-corrected chi connectivity index (χ4v) is 7.24. The number of carbonyl (C=O) groups is 2. The minimum Gasteiger partial charge on any atom is -0.444 e. The maximum Gasteiger partial charge on any atom is 0.534 e. The number of fused-ring (bicyclic) bond motifs is 4. The third-order valence-electron chi connectivity index (χ3n) is 8.80. The molecule has 0 radical (unpaired) electrons. The number of ether oxygens (including phenoxy) is 2. The highest BCUT2D eigenvalue weighted by Crippen LogP contribution is 2.49. The molecule has 2 aromatic heterocycles. The number of Topliss-reactive ketones (excluding diaryl/α,β-unsaturated/α-hetero) is 1. The van der Waals surface area contributed by atoms with E-state index < -0.39 is 44.0 Å². The van der Waals surface area contributed by atoms with Gasteiger partial charge >= 0.3 is 21.7 Å². The van der Waals surface area contributed by atoms with E-state index in [2.05, 4.69) is 14.3 Å². The number of ketones is 1. The molecule has 44 heavy (non-hydrogen) atoms. The van der Waals surface area contributed by atoms with E-state index in [1.807, 2.05) is 0 Å². The van der Waals surface area contributed by atoms with Gasteiger partial charge in [0.2, 0.25) is 5.88 Å². The molecule has 1 amide bonds. The van der Waals surface area contributed by atoms with Crippen LogP contribution >= 0.6 is 0 Å². The summed E-state index contributed by atoms with van der Waals surface area (Å²) in [4.78, 5) is 36.5. The van der Waals surface area contributed by atoms with Crippen LogP contribution in [0.15, 0.2) is 4.52 Å². The van der Waals surface area contributed by atoms with Crippen LogP contribution in [0.2, 0.25) is 0 Å². The normalized spacial score (nSPS) is 25.7. The van der Waals surface area contributed by atoms with Crippen molar-refractivity contribution in [1.29, 1.82) is 0 Å². The molecule has 6 rings (SSSR count). The van der Waals surface area contributed by atoms with Gasteiger partial charge in [0.25, 0.3) is 0 Å². The molecule has 2 aliphatic carbocycles. The van der Waals surface area contributed by atoms with E-state index in [0.717, 1.165) is 12.8 Å². The van der Waals surface area contributed by atoms with Crippen LogP contribution in [0, 0.1) is 0 Å². The van der Waals surface area contributed by atoms with Crippen molar-refractivity contribution in [3.8, 4) is 17.4 Å². The molecular formula is C28H33F3N4O8S. The summed E-state index contributed by atoms with van der Waals surface area (Å²) in [6.07, 6.45) is 3.90. The van der Waals surface area contributed by atoms with Gasteiger partial charge in [0.05, 0.1) is 35.2 Å². The molecule has 2 atom stereocenters. The predicted molar refractivity (Wildman–Crippen MR) is 145 cm³/mol. The molecule has 12 nitrogen and oxygen atoms in total. The molecule has 0 bridgehead atoms. The first kappa shape index (κ1) is 30.7. The molecule has 2 aromatic rings. The Labute approximate surface area is 251 Å². The molecule has 4 heterocycles. The molecule has 4 aliphatic rings. The highest BCUT2D eigenvalue weighted by molar-refractivity contribution is 7.88.